The van der Waals surface area contributed by atoms with Gasteiger partial charge in [0.05, 0.1) is 5.69 Å². The van der Waals surface area contributed by atoms with E-state index in [1.807, 2.05) is 23.9 Å². The number of phenolic OH excluding ortho intramolecular Hbond substituents is 1. The van der Waals surface area contributed by atoms with Crippen LogP contribution in [0.5, 0.6) is 5.75 Å². The summed E-state index contributed by atoms with van der Waals surface area (Å²) in [5.41, 5.74) is 7.26. The molecule has 0 radical (unpaired) electrons. The first-order valence-electron chi connectivity index (χ1n) is 5.24. The number of thioether (sulfide) groups is 1. The second kappa shape index (κ2) is 5.91. The Bertz CT molecular complexity index is 312. The van der Waals surface area contributed by atoms with Crippen molar-refractivity contribution in [1.82, 2.24) is 0 Å². The Morgan fingerprint density at radius 1 is 1.40 bits per heavy atom. The summed E-state index contributed by atoms with van der Waals surface area (Å²) in [6, 6.07) is 5.43. The molecule has 0 atom stereocenters. The molecular formula is C12H19NOS. The molecule has 0 saturated heterocycles. The Morgan fingerprint density at radius 2 is 2.13 bits per heavy atom. The van der Waals surface area contributed by atoms with E-state index in [4.69, 9.17) is 5.73 Å². The van der Waals surface area contributed by atoms with Crippen LogP contribution in [-0.2, 0) is 5.75 Å². The summed E-state index contributed by atoms with van der Waals surface area (Å²) < 4.78 is 0. The van der Waals surface area contributed by atoms with Crippen LogP contribution in [0.3, 0.4) is 0 Å². The standard InChI is InChI=1S/C12H19NOS/c1-9(2)5-6-15-8-10-3-4-12(14)11(13)7-10/h3-4,7,9,14H,5-6,8,13H2,1-2H3. The Kier molecular flexibility index (Phi) is 4.82. The van der Waals surface area contributed by atoms with Gasteiger partial charge in [-0.15, -0.1) is 0 Å². The third-order valence-corrected chi connectivity index (χ3v) is 3.26. The molecule has 1 rings (SSSR count). The minimum atomic E-state index is 0.172. The molecule has 0 bridgehead atoms. The smallest absolute Gasteiger partial charge is 0.138 e. The summed E-state index contributed by atoms with van der Waals surface area (Å²) in [6.07, 6.45) is 1.25. The van der Waals surface area contributed by atoms with Gasteiger partial charge in [-0.1, -0.05) is 19.9 Å². The average Bonchev–Trinajstić information content (AvgIpc) is 2.18. The van der Waals surface area contributed by atoms with Crippen molar-refractivity contribution in [1.29, 1.82) is 0 Å². The predicted octanol–water partition coefficient (Wildman–Crippen LogP) is 3.25. The van der Waals surface area contributed by atoms with E-state index in [2.05, 4.69) is 13.8 Å². The molecule has 3 heteroatoms. The number of nitrogen functional groups attached to an aromatic ring is 1. The van der Waals surface area contributed by atoms with E-state index in [-0.39, 0.29) is 5.75 Å². The third-order valence-electron chi connectivity index (χ3n) is 2.20. The molecule has 0 aromatic heterocycles. The molecule has 0 aliphatic rings. The Morgan fingerprint density at radius 3 is 2.73 bits per heavy atom. The van der Waals surface area contributed by atoms with Crippen LogP contribution in [0.25, 0.3) is 0 Å². The van der Waals surface area contributed by atoms with Crippen LogP contribution in [0.2, 0.25) is 0 Å². The van der Waals surface area contributed by atoms with Crippen LogP contribution in [0, 0.1) is 5.92 Å². The minimum absolute atomic E-state index is 0.172. The highest BCUT2D eigenvalue weighted by Crippen LogP contribution is 2.23. The van der Waals surface area contributed by atoms with E-state index in [9.17, 15) is 5.11 Å². The highest BCUT2D eigenvalue weighted by Gasteiger charge is 2.00. The molecule has 0 saturated carbocycles. The molecular weight excluding hydrogens is 206 g/mol. The fraction of sp³-hybridized carbons (Fsp3) is 0.500. The van der Waals surface area contributed by atoms with Gasteiger partial charge < -0.3 is 10.8 Å². The van der Waals surface area contributed by atoms with Crippen molar-refractivity contribution in [2.75, 3.05) is 11.5 Å². The maximum Gasteiger partial charge on any atom is 0.138 e. The first-order valence-corrected chi connectivity index (χ1v) is 6.40. The molecule has 15 heavy (non-hydrogen) atoms. The van der Waals surface area contributed by atoms with Crippen LogP contribution in [0.4, 0.5) is 5.69 Å². The van der Waals surface area contributed by atoms with Crippen molar-refractivity contribution in [3.8, 4) is 5.75 Å². The van der Waals surface area contributed by atoms with Gasteiger partial charge in [0, 0.05) is 5.75 Å². The van der Waals surface area contributed by atoms with Crippen molar-refractivity contribution >= 4 is 17.4 Å². The first kappa shape index (κ1) is 12.2. The van der Waals surface area contributed by atoms with Gasteiger partial charge in [0.15, 0.2) is 0 Å². The molecule has 0 aliphatic heterocycles. The minimum Gasteiger partial charge on any atom is -0.506 e. The second-order valence-electron chi connectivity index (χ2n) is 4.13. The molecule has 0 spiro atoms. The van der Waals surface area contributed by atoms with E-state index in [1.165, 1.54) is 17.7 Å². The molecule has 0 fully saturated rings. The largest absolute Gasteiger partial charge is 0.506 e. The van der Waals surface area contributed by atoms with Gasteiger partial charge in [0.1, 0.15) is 5.75 Å². The maximum absolute atomic E-state index is 9.26. The zero-order valence-corrected chi connectivity index (χ0v) is 10.2. The molecule has 1 aromatic rings. The zero-order chi connectivity index (χ0) is 11.3. The summed E-state index contributed by atoms with van der Waals surface area (Å²) in [6.45, 7) is 4.47. The number of nitrogens with two attached hydrogens (primary N) is 1. The average molecular weight is 225 g/mol. The van der Waals surface area contributed by atoms with Crippen LogP contribution in [-0.4, -0.2) is 10.9 Å². The van der Waals surface area contributed by atoms with Crippen molar-refractivity contribution in [2.24, 2.45) is 5.92 Å². The number of benzene rings is 1. The van der Waals surface area contributed by atoms with Crippen molar-refractivity contribution < 1.29 is 5.11 Å². The summed E-state index contributed by atoms with van der Waals surface area (Å²) in [5.74, 6) is 3.09. The van der Waals surface area contributed by atoms with Gasteiger partial charge in [0.25, 0.3) is 0 Å². The quantitative estimate of drug-likeness (QED) is 0.459. The SMILES string of the molecule is CC(C)CCSCc1ccc(O)c(N)c1. The zero-order valence-electron chi connectivity index (χ0n) is 9.36. The van der Waals surface area contributed by atoms with Gasteiger partial charge in [-0.25, -0.2) is 0 Å². The fourth-order valence-corrected chi connectivity index (χ4v) is 2.40. The fourth-order valence-electron chi connectivity index (χ4n) is 1.20. The molecule has 0 aliphatic carbocycles. The molecule has 1 aromatic carbocycles. The summed E-state index contributed by atoms with van der Waals surface area (Å²) >= 11 is 1.91. The Hall–Kier alpha value is -0.830. The topological polar surface area (TPSA) is 46.2 Å². The van der Waals surface area contributed by atoms with Gasteiger partial charge >= 0.3 is 0 Å². The van der Waals surface area contributed by atoms with E-state index >= 15 is 0 Å². The van der Waals surface area contributed by atoms with Gasteiger partial charge in [-0.2, -0.15) is 11.8 Å². The molecule has 0 unspecified atom stereocenters. The lowest BCUT2D eigenvalue weighted by molar-refractivity contribution is 0.478. The lowest BCUT2D eigenvalue weighted by Crippen LogP contribution is -1.92. The van der Waals surface area contributed by atoms with E-state index in [0.717, 1.165) is 11.7 Å². The van der Waals surface area contributed by atoms with E-state index in [1.54, 1.807) is 6.07 Å². The predicted molar refractivity (Wildman–Crippen MR) is 68.1 cm³/mol. The second-order valence-corrected chi connectivity index (χ2v) is 5.23. The van der Waals surface area contributed by atoms with E-state index in [0.29, 0.717) is 5.69 Å². The van der Waals surface area contributed by atoms with E-state index < -0.39 is 0 Å². The van der Waals surface area contributed by atoms with Gasteiger partial charge in [0.2, 0.25) is 0 Å². The number of hydrogen-bond acceptors (Lipinski definition) is 3. The van der Waals surface area contributed by atoms with Crippen molar-refractivity contribution in [3.05, 3.63) is 23.8 Å². The summed E-state index contributed by atoms with van der Waals surface area (Å²) in [5, 5.41) is 9.26. The third kappa shape index (κ3) is 4.47. The monoisotopic (exact) mass is 225 g/mol. The lowest BCUT2D eigenvalue weighted by Gasteiger charge is -2.06. The number of phenols is 1. The molecule has 3 N–H and O–H groups in total. The molecule has 0 amide bonds. The number of hydrogen-bond donors (Lipinski definition) is 2. The normalized spacial score (nSPS) is 10.9. The van der Waals surface area contributed by atoms with Crippen LogP contribution < -0.4 is 5.73 Å². The van der Waals surface area contributed by atoms with Gasteiger partial charge in [-0.05, 0) is 35.8 Å². The van der Waals surface area contributed by atoms with Gasteiger partial charge in [-0.3, -0.25) is 0 Å². The lowest BCUT2D eigenvalue weighted by atomic mass is 10.2. The number of anilines is 1. The Balaban J connectivity index is 2.35. The molecule has 2 nitrogen and oxygen atoms in total. The highest BCUT2D eigenvalue weighted by molar-refractivity contribution is 7.98. The Labute approximate surface area is 95.9 Å². The van der Waals surface area contributed by atoms with Crippen LogP contribution in [0.15, 0.2) is 18.2 Å². The first-order chi connectivity index (χ1) is 7.09. The van der Waals surface area contributed by atoms with Crippen LogP contribution in [0.1, 0.15) is 25.8 Å². The number of aromatic hydroxyl groups is 1. The number of rotatable bonds is 5. The molecule has 84 valence electrons. The van der Waals surface area contributed by atoms with Crippen molar-refractivity contribution in [3.63, 3.8) is 0 Å². The van der Waals surface area contributed by atoms with Crippen molar-refractivity contribution in [2.45, 2.75) is 26.0 Å². The maximum atomic E-state index is 9.26. The van der Waals surface area contributed by atoms with Crippen LogP contribution >= 0.6 is 11.8 Å². The summed E-state index contributed by atoms with van der Waals surface area (Å²) in [7, 11) is 0. The molecule has 0 heterocycles. The summed E-state index contributed by atoms with van der Waals surface area (Å²) in [4.78, 5) is 0. The highest BCUT2D eigenvalue weighted by atomic mass is 32.2.